The van der Waals surface area contributed by atoms with Crippen molar-refractivity contribution in [3.63, 3.8) is 0 Å². The van der Waals surface area contributed by atoms with Crippen molar-refractivity contribution < 1.29 is 9.59 Å². The summed E-state index contributed by atoms with van der Waals surface area (Å²) in [6.07, 6.45) is 0. The van der Waals surface area contributed by atoms with Gasteiger partial charge in [0.1, 0.15) is 0 Å². The molecular formula is C26H23N5O3S. The highest BCUT2D eigenvalue weighted by atomic mass is 32.2. The minimum absolute atomic E-state index is 0.0651. The SMILES string of the molecule is Cc1ccccc1NC(=O)[C@@H](C)Sc1nnc(-c2ccccc2NC(=O)c2ccccc2)c(=O)[nH]1. The Morgan fingerprint density at radius 1 is 0.857 bits per heavy atom. The van der Waals surface area contributed by atoms with E-state index in [0.29, 0.717) is 16.8 Å². The van der Waals surface area contributed by atoms with Crippen molar-refractivity contribution >= 4 is 35.0 Å². The van der Waals surface area contributed by atoms with E-state index in [1.165, 1.54) is 0 Å². The highest BCUT2D eigenvalue weighted by Gasteiger charge is 2.19. The molecule has 0 saturated heterocycles. The van der Waals surface area contributed by atoms with E-state index in [0.717, 1.165) is 23.0 Å². The minimum Gasteiger partial charge on any atom is -0.325 e. The Morgan fingerprint density at radius 3 is 2.23 bits per heavy atom. The van der Waals surface area contributed by atoms with Crippen molar-refractivity contribution in [3.8, 4) is 11.3 Å². The lowest BCUT2D eigenvalue weighted by molar-refractivity contribution is -0.115. The van der Waals surface area contributed by atoms with Crippen LogP contribution in [0.5, 0.6) is 0 Å². The van der Waals surface area contributed by atoms with Gasteiger partial charge in [0.15, 0.2) is 10.9 Å². The molecule has 1 aromatic heterocycles. The zero-order valence-electron chi connectivity index (χ0n) is 19.1. The molecule has 0 bridgehead atoms. The standard InChI is InChI=1S/C26H23N5O3S/c1-16-10-6-8-14-20(16)27-23(32)17(2)35-26-29-25(34)22(30-31-26)19-13-7-9-15-21(19)28-24(33)18-11-4-3-5-12-18/h3-15,17H,1-2H3,(H,27,32)(H,28,33)(H,29,31,34)/t17-/m1/s1. The van der Waals surface area contributed by atoms with Crippen LogP contribution in [0.1, 0.15) is 22.8 Å². The third-order valence-corrected chi connectivity index (χ3v) is 6.18. The number of para-hydroxylation sites is 2. The molecule has 0 aliphatic heterocycles. The predicted molar refractivity (Wildman–Crippen MR) is 138 cm³/mol. The molecule has 0 fully saturated rings. The number of hydrogen-bond donors (Lipinski definition) is 3. The van der Waals surface area contributed by atoms with Gasteiger partial charge in [0, 0.05) is 16.8 Å². The first kappa shape index (κ1) is 23.9. The fraction of sp³-hybridized carbons (Fsp3) is 0.115. The van der Waals surface area contributed by atoms with Crippen LogP contribution in [-0.2, 0) is 4.79 Å². The Hall–Kier alpha value is -4.24. The number of aryl methyl sites for hydroxylation is 1. The molecule has 35 heavy (non-hydrogen) atoms. The average molecular weight is 486 g/mol. The number of carbonyl (C=O) groups excluding carboxylic acids is 2. The second-order valence-corrected chi connectivity index (χ2v) is 9.07. The molecule has 4 aromatic rings. The van der Waals surface area contributed by atoms with Gasteiger partial charge < -0.3 is 10.6 Å². The van der Waals surface area contributed by atoms with Gasteiger partial charge in [-0.2, -0.15) is 0 Å². The number of aromatic nitrogens is 3. The van der Waals surface area contributed by atoms with Crippen molar-refractivity contribution in [1.29, 1.82) is 0 Å². The summed E-state index contributed by atoms with van der Waals surface area (Å²) < 4.78 is 0. The second-order valence-electron chi connectivity index (χ2n) is 7.74. The van der Waals surface area contributed by atoms with Crippen molar-refractivity contribution in [3.05, 3.63) is 100 Å². The number of thioether (sulfide) groups is 1. The molecular weight excluding hydrogens is 462 g/mol. The zero-order valence-corrected chi connectivity index (χ0v) is 19.9. The van der Waals surface area contributed by atoms with Crippen LogP contribution in [-0.4, -0.2) is 32.2 Å². The summed E-state index contributed by atoms with van der Waals surface area (Å²) in [5.74, 6) is -0.520. The van der Waals surface area contributed by atoms with Crippen molar-refractivity contribution in [1.82, 2.24) is 15.2 Å². The molecule has 1 heterocycles. The van der Waals surface area contributed by atoms with Crippen LogP contribution in [0.15, 0.2) is 88.8 Å². The Bertz CT molecular complexity index is 1420. The minimum atomic E-state index is -0.525. The molecule has 9 heteroatoms. The van der Waals surface area contributed by atoms with E-state index >= 15 is 0 Å². The molecule has 0 aliphatic rings. The van der Waals surface area contributed by atoms with E-state index in [2.05, 4.69) is 25.8 Å². The third-order valence-electron chi connectivity index (χ3n) is 5.20. The number of rotatable bonds is 7. The molecule has 176 valence electrons. The van der Waals surface area contributed by atoms with Crippen LogP contribution in [0.25, 0.3) is 11.3 Å². The van der Waals surface area contributed by atoms with Gasteiger partial charge in [-0.15, -0.1) is 10.2 Å². The van der Waals surface area contributed by atoms with Crippen molar-refractivity contribution in [2.75, 3.05) is 10.6 Å². The Kier molecular flexibility index (Phi) is 7.37. The number of nitrogens with one attached hydrogen (secondary N) is 3. The van der Waals surface area contributed by atoms with E-state index in [-0.39, 0.29) is 22.7 Å². The molecule has 0 radical (unpaired) electrons. The first-order chi connectivity index (χ1) is 16.9. The van der Waals surface area contributed by atoms with E-state index in [1.807, 2.05) is 37.3 Å². The van der Waals surface area contributed by atoms with Gasteiger partial charge in [0.05, 0.1) is 10.9 Å². The number of carbonyl (C=O) groups is 2. The van der Waals surface area contributed by atoms with Crippen molar-refractivity contribution in [2.45, 2.75) is 24.3 Å². The largest absolute Gasteiger partial charge is 0.325 e. The Balaban J connectivity index is 1.50. The summed E-state index contributed by atoms with van der Waals surface area (Å²) in [7, 11) is 0. The normalized spacial score (nSPS) is 11.5. The van der Waals surface area contributed by atoms with E-state index in [9.17, 15) is 14.4 Å². The fourth-order valence-corrected chi connectivity index (χ4v) is 4.04. The van der Waals surface area contributed by atoms with E-state index in [4.69, 9.17) is 0 Å². The maximum absolute atomic E-state index is 12.9. The monoisotopic (exact) mass is 485 g/mol. The molecule has 1 atom stereocenters. The van der Waals surface area contributed by atoms with Crippen LogP contribution in [0, 0.1) is 6.92 Å². The molecule has 0 unspecified atom stereocenters. The lowest BCUT2D eigenvalue weighted by atomic mass is 10.1. The maximum atomic E-state index is 12.9. The van der Waals surface area contributed by atoms with Gasteiger partial charge in [-0.1, -0.05) is 66.4 Å². The smallest absolute Gasteiger partial charge is 0.278 e. The molecule has 2 amide bonds. The third kappa shape index (κ3) is 5.82. The summed E-state index contributed by atoms with van der Waals surface area (Å²) >= 11 is 1.10. The number of nitrogens with zero attached hydrogens (tertiary/aromatic N) is 2. The predicted octanol–water partition coefficient (Wildman–Crippen LogP) is 4.51. The molecule has 3 aromatic carbocycles. The summed E-state index contributed by atoms with van der Waals surface area (Å²) in [6.45, 7) is 3.63. The highest BCUT2D eigenvalue weighted by molar-refractivity contribution is 8.00. The lowest BCUT2D eigenvalue weighted by Crippen LogP contribution is -2.24. The number of hydrogen-bond acceptors (Lipinski definition) is 6. The van der Waals surface area contributed by atoms with Gasteiger partial charge in [-0.3, -0.25) is 19.4 Å². The number of amides is 2. The molecule has 8 nitrogen and oxygen atoms in total. The molecule has 3 N–H and O–H groups in total. The van der Waals surface area contributed by atoms with Gasteiger partial charge in [0.25, 0.3) is 11.5 Å². The Morgan fingerprint density at radius 2 is 1.51 bits per heavy atom. The topological polar surface area (TPSA) is 117 Å². The van der Waals surface area contributed by atoms with Gasteiger partial charge in [-0.25, -0.2) is 0 Å². The maximum Gasteiger partial charge on any atom is 0.278 e. The van der Waals surface area contributed by atoms with Crippen molar-refractivity contribution in [2.24, 2.45) is 0 Å². The average Bonchev–Trinajstić information content (AvgIpc) is 2.86. The molecule has 0 spiro atoms. The summed E-state index contributed by atoms with van der Waals surface area (Å²) in [6, 6.07) is 23.1. The number of aromatic amines is 1. The van der Waals surface area contributed by atoms with Crippen LogP contribution in [0.2, 0.25) is 0 Å². The summed E-state index contributed by atoms with van der Waals surface area (Å²) in [5.41, 5.74) is 2.64. The van der Waals surface area contributed by atoms with Crippen LogP contribution in [0.4, 0.5) is 11.4 Å². The molecule has 0 aliphatic carbocycles. The van der Waals surface area contributed by atoms with Crippen LogP contribution >= 0.6 is 11.8 Å². The van der Waals surface area contributed by atoms with E-state index in [1.54, 1.807) is 55.5 Å². The summed E-state index contributed by atoms with van der Waals surface area (Å²) in [4.78, 5) is 40.7. The first-order valence-electron chi connectivity index (χ1n) is 10.9. The zero-order chi connectivity index (χ0) is 24.8. The molecule has 0 saturated carbocycles. The highest BCUT2D eigenvalue weighted by Crippen LogP contribution is 2.25. The van der Waals surface area contributed by atoms with Gasteiger partial charge in [-0.05, 0) is 43.7 Å². The lowest BCUT2D eigenvalue weighted by Gasteiger charge is -2.13. The number of anilines is 2. The first-order valence-corrected chi connectivity index (χ1v) is 11.8. The van der Waals surface area contributed by atoms with E-state index < -0.39 is 10.8 Å². The summed E-state index contributed by atoms with van der Waals surface area (Å²) in [5, 5.41) is 13.6. The number of H-pyrrole nitrogens is 1. The quantitative estimate of drug-likeness (QED) is 0.332. The van der Waals surface area contributed by atoms with Gasteiger partial charge >= 0.3 is 0 Å². The fourth-order valence-electron chi connectivity index (χ4n) is 3.30. The van der Waals surface area contributed by atoms with Gasteiger partial charge in [0.2, 0.25) is 5.91 Å². The molecule has 4 rings (SSSR count). The number of benzene rings is 3. The second kappa shape index (κ2) is 10.8. The van der Waals surface area contributed by atoms with Crippen LogP contribution in [0.3, 0.4) is 0 Å². The Labute approximate surface area is 206 Å². The van der Waals surface area contributed by atoms with Crippen LogP contribution < -0.4 is 16.2 Å².